The number of hydrogen-bond donors (Lipinski definition) is 1. The number of piperazine rings is 1. The SMILES string of the molecule is CC1(C)CN(c2ccc([N+](=O)[O-])cc2)C(=O)CN1. The molecule has 6 heteroatoms. The number of carbonyl (C=O) groups excluding carboxylic acids is 1. The first-order chi connectivity index (χ1) is 8.39. The largest absolute Gasteiger partial charge is 0.309 e. The van der Waals surface area contributed by atoms with Crippen LogP contribution in [0.15, 0.2) is 24.3 Å². The van der Waals surface area contributed by atoms with E-state index in [1.807, 2.05) is 13.8 Å². The molecule has 0 atom stereocenters. The summed E-state index contributed by atoms with van der Waals surface area (Å²) in [5, 5.41) is 13.7. The number of hydrogen-bond acceptors (Lipinski definition) is 4. The second-order valence-electron chi connectivity index (χ2n) is 4.99. The number of nitro groups is 1. The summed E-state index contributed by atoms with van der Waals surface area (Å²) in [4.78, 5) is 23.6. The van der Waals surface area contributed by atoms with Gasteiger partial charge in [-0.1, -0.05) is 0 Å². The molecule has 1 aliphatic heterocycles. The van der Waals surface area contributed by atoms with Crippen LogP contribution in [0.5, 0.6) is 0 Å². The Morgan fingerprint density at radius 1 is 1.33 bits per heavy atom. The van der Waals surface area contributed by atoms with Gasteiger partial charge in [-0.3, -0.25) is 14.9 Å². The minimum Gasteiger partial charge on any atom is -0.309 e. The molecule has 96 valence electrons. The summed E-state index contributed by atoms with van der Waals surface area (Å²) in [6.07, 6.45) is 0. The van der Waals surface area contributed by atoms with Crippen LogP contribution in [0.3, 0.4) is 0 Å². The van der Waals surface area contributed by atoms with Crippen LogP contribution in [0.1, 0.15) is 13.8 Å². The van der Waals surface area contributed by atoms with E-state index in [2.05, 4.69) is 5.32 Å². The van der Waals surface area contributed by atoms with E-state index in [9.17, 15) is 14.9 Å². The van der Waals surface area contributed by atoms with Gasteiger partial charge in [0.1, 0.15) is 0 Å². The third-order valence-electron chi connectivity index (χ3n) is 2.94. The van der Waals surface area contributed by atoms with Gasteiger partial charge in [0, 0.05) is 29.9 Å². The normalized spacial score (nSPS) is 18.8. The smallest absolute Gasteiger partial charge is 0.269 e. The molecule has 0 spiro atoms. The van der Waals surface area contributed by atoms with Crippen LogP contribution in [-0.2, 0) is 4.79 Å². The lowest BCUT2D eigenvalue weighted by molar-refractivity contribution is -0.384. The molecule has 0 bridgehead atoms. The molecule has 0 aliphatic carbocycles. The van der Waals surface area contributed by atoms with Crippen molar-refractivity contribution < 1.29 is 9.72 Å². The lowest BCUT2D eigenvalue weighted by Gasteiger charge is -2.38. The minimum absolute atomic E-state index is 0.0248. The van der Waals surface area contributed by atoms with Crippen molar-refractivity contribution in [3.05, 3.63) is 34.4 Å². The Balaban J connectivity index is 2.24. The Bertz CT molecular complexity index is 482. The molecule has 1 saturated heterocycles. The van der Waals surface area contributed by atoms with Crippen molar-refractivity contribution in [2.45, 2.75) is 19.4 Å². The number of nitrogens with one attached hydrogen (secondary N) is 1. The number of rotatable bonds is 2. The molecule has 0 aromatic heterocycles. The van der Waals surface area contributed by atoms with Crippen molar-refractivity contribution in [2.75, 3.05) is 18.0 Å². The number of anilines is 1. The zero-order valence-electron chi connectivity index (χ0n) is 10.3. The summed E-state index contributed by atoms with van der Waals surface area (Å²) in [6.45, 7) is 4.85. The number of nitrogens with zero attached hydrogens (tertiary/aromatic N) is 2. The highest BCUT2D eigenvalue weighted by molar-refractivity contribution is 5.96. The van der Waals surface area contributed by atoms with Gasteiger partial charge < -0.3 is 10.2 Å². The van der Waals surface area contributed by atoms with E-state index in [0.29, 0.717) is 12.2 Å². The summed E-state index contributed by atoms with van der Waals surface area (Å²) in [5.41, 5.74) is 0.566. The number of benzene rings is 1. The topological polar surface area (TPSA) is 75.5 Å². The van der Waals surface area contributed by atoms with E-state index in [4.69, 9.17) is 0 Å². The van der Waals surface area contributed by atoms with Gasteiger partial charge in [-0.25, -0.2) is 0 Å². The maximum absolute atomic E-state index is 11.8. The van der Waals surface area contributed by atoms with Crippen LogP contribution >= 0.6 is 0 Å². The summed E-state index contributed by atoms with van der Waals surface area (Å²) in [6, 6.07) is 6.05. The molecule has 6 nitrogen and oxygen atoms in total. The molecule has 1 N–H and O–H groups in total. The molecule has 2 rings (SSSR count). The third-order valence-corrected chi connectivity index (χ3v) is 2.94. The average Bonchev–Trinajstić information content (AvgIpc) is 2.32. The molecule has 18 heavy (non-hydrogen) atoms. The van der Waals surface area contributed by atoms with Crippen LogP contribution in [0.25, 0.3) is 0 Å². The number of amides is 1. The second kappa shape index (κ2) is 4.38. The van der Waals surface area contributed by atoms with E-state index in [-0.39, 0.29) is 23.7 Å². The number of nitro benzene ring substituents is 1. The van der Waals surface area contributed by atoms with Crippen molar-refractivity contribution in [3.63, 3.8) is 0 Å². The first kappa shape index (κ1) is 12.5. The molecule has 1 aromatic rings. The van der Waals surface area contributed by atoms with E-state index in [1.54, 1.807) is 17.0 Å². The van der Waals surface area contributed by atoms with Gasteiger partial charge in [-0.05, 0) is 26.0 Å². The lowest BCUT2D eigenvalue weighted by atomic mass is 10.0. The Morgan fingerprint density at radius 2 is 1.94 bits per heavy atom. The van der Waals surface area contributed by atoms with Gasteiger partial charge in [0.15, 0.2) is 0 Å². The first-order valence-corrected chi connectivity index (χ1v) is 5.69. The Morgan fingerprint density at radius 3 is 2.50 bits per heavy atom. The number of carbonyl (C=O) groups is 1. The highest BCUT2D eigenvalue weighted by Gasteiger charge is 2.31. The minimum atomic E-state index is -0.451. The molecule has 0 saturated carbocycles. The quantitative estimate of drug-likeness (QED) is 0.633. The van der Waals surface area contributed by atoms with E-state index >= 15 is 0 Å². The second-order valence-corrected chi connectivity index (χ2v) is 4.99. The fourth-order valence-electron chi connectivity index (χ4n) is 1.94. The van der Waals surface area contributed by atoms with Crippen molar-refractivity contribution in [2.24, 2.45) is 0 Å². The van der Waals surface area contributed by atoms with Crippen LogP contribution in [0, 0.1) is 10.1 Å². The van der Waals surface area contributed by atoms with Crippen LogP contribution in [-0.4, -0.2) is 29.5 Å². The first-order valence-electron chi connectivity index (χ1n) is 5.69. The zero-order valence-corrected chi connectivity index (χ0v) is 10.3. The predicted molar refractivity (Wildman–Crippen MR) is 67.5 cm³/mol. The molecule has 1 aliphatic rings. The van der Waals surface area contributed by atoms with Crippen molar-refractivity contribution in [1.82, 2.24) is 5.32 Å². The Kier molecular flexibility index (Phi) is 3.04. The van der Waals surface area contributed by atoms with Gasteiger partial charge in [-0.15, -0.1) is 0 Å². The molecule has 1 aromatic carbocycles. The lowest BCUT2D eigenvalue weighted by Crippen LogP contribution is -2.59. The summed E-state index contributed by atoms with van der Waals surface area (Å²) in [5.74, 6) is -0.0248. The van der Waals surface area contributed by atoms with Gasteiger partial charge in [0.05, 0.1) is 11.5 Å². The highest BCUT2D eigenvalue weighted by atomic mass is 16.6. The van der Waals surface area contributed by atoms with Crippen molar-refractivity contribution >= 4 is 17.3 Å². The molecule has 1 heterocycles. The van der Waals surface area contributed by atoms with E-state index in [1.165, 1.54) is 12.1 Å². The summed E-state index contributed by atoms with van der Waals surface area (Å²) < 4.78 is 0. The van der Waals surface area contributed by atoms with Gasteiger partial charge >= 0.3 is 0 Å². The molecule has 1 amide bonds. The Hall–Kier alpha value is -1.95. The molecule has 0 radical (unpaired) electrons. The fourth-order valence-corrected chi connectivity index (χ4v) is 1.94. The predicted octanol–water partition coefficient (Wildman–Crippen LogP) is 1.31. The monoisotopic (exact) mass is 249 g/mol. The van der Waals surface area contributed by atoms with Gasteiger partial charge in [0.2, 0.25) is 5.91 Å². The summed E-state index contributed by atoms with van der Waals surface area (Å²) >= 11 is 0. The van der Waals surface area contributed by atoms with Crippen LogP contribution < -0.4 is 10.2 Å². The van der Waals surface area contributed by atoms with Crippen LogP contribution in [0.4, 0.5) is 11.4 Å². The van der Waals surface area contributed by atoms with Crippen LogP contribution in [0.2, 0.25) is 0 Å². The van der Waals surface area contributed by atoms with Gasteiger partial charge in [-0.2, -0.15) is 0 Å². The van der Waals surface area contributed by atoms with Crippen molar-refractivity contribution in [3.8, 4) is 0 Å². The fraction of sp³-hybridized carbons (Fsp3) is 0.417. The molecule has 1 fully saturated rings. The number of non-ortho nitro benzene ring substituents is 1. The highest BCUT2D eigenvalue weighted by Crippen LogP contribution is 2.23. The van der Waals surface area contributed by atoms with Gasteiger partial charge in [0.25, 0.3) is 5.69 Å². The standard InChI is InChI=1S/C12H15N3O3/c1-12(2)8-14(11(16)7-13-12)9-3-5-10(6-4-9)15(17)18/h3-6,13H,7-8H2,1-2H3. The zero-order chi connectivity index (χ0) is 13.3. The third kappa shape index (κ3) is 2.48. The molecular formula is C12H15N3O3. The van der Waals surface area contributed by atoms with E-state index < -0.39 is 4.92 Å². The molecular weight excluding hydrogens is 234 g/mol. The maximum atomic E-state index is 11.8. The van der Waals surface area contributed by atoms with Crippen molar-refractivity contribution in [1.29, 1.82) is 0 Å². The summed E-state index contributed by atoms with van der Waals surface area (Å²) in [7, 11) is 0. The Labute approximate surface area is 105 Å². The van der Waals surface area contributed by atoms with E-state index in [0.717, 1.165) is 0 Å². The average molecular weight is 249 g/mol. The maximum Gasteiger partial charge on any atom is 0.269 e. The molecule has 0 unspecified atom stereocenters.